The van der Waals surface area contributed by atoms with Crippen LogP contribution >= 0.6 is 35.0 Å². The topological polar surface area (TPSA) is 59.8 Å². The van der Waals surface area contributed by atoms with Crippen molar-refractivity contribution in [2.75, 3.05) is 5.88 Å². The molecule has 0 aliphatic rings. The van der Waals surface area contributed by atoms with Crippen LogP contribution in [0.5, 0.6) is 0 Å². The van der Waals surface area contributed by atoms with Crippen molar-refractivity contribution in [2.24, 2.45) is 5.41 Å². The highest BCUT2D eigenvalue weighted by Crippen LogP contribution is 2.31. The molecule has 0 bridgehead atoms. The van der Waals surface area contributed by atoms with Crippen LogP contribution in [0.2, 0.25) is 5.02 Å². The highest BCUT2D eigenvalue weighted by Gasteiger charge is 2.30. The van der Waals surface area contributed by atoms with E-state index >= 15 is 0 Å². The van der Waals surface area contributed by atoms with Crippen LogP contribution in [0.4, 0.5) is 4.39 Å². The summed E-state index contributed by atoms with van der Waals surface area (Å²) < 4.78 is 15.1. The molecule has 2 aromatic carbocycles. The molecule has 0 saturated heterocycles. The summed E-state index contributed by atoms with van der Waals surface area (Å²) in [6.45, 7) is 7.41. The van der Waals surface area contributed by atoms with Gasteiger partial charge in [-0.1, -0.05) is 41.6 Å². The highest BCUT2D eigenvalue weighted by molar-refractivity contribution is 7.98. The Balaban J connectivity index is 1.97. The molecule has 0 aliphatic heterocycles. The Morgan fingerprint density at radius 1 is 1.22 bits per heavy atom. The summed E-state index contributed by atoms with van der Waals surface area (Å²) in [5, 5.41) is 13.0. The largest absolute Gasteiger partial charge is 0.346 e. The third-order valence-electron chi connectivity index (χ3n) is 5.04. The Hall–Kier alpha value is -2.09. The lowest BCUT2D eigenvalue weighted by Gasteiger charge is -2.24. The minimum atomic E-state index is -0.715. The Labute approximate surface area is 201 Å². The summed E-state index contributed by atoms with van der Waals surface area (Å²) in [4.78, 5) is 12.7. The minimum absolute atomic E-state index is 0.169. The molecule has 1 aromatic heterocycles. The summed E-state index contributed by atoms with van der Waals surface area (Å²) >= 11 is 13.7. The molecule has 0 spiro atoms. The van der Waals surface area contributed by atoms with Crippen molar-refractivity contribution in [1.29, 1.82) is 0 Å². The number of aryl methyl sites for hydroxylation is 1. The Kier molecular flexibility index (Phi) is 7.85. The molecular weight excluding hydrogens is 470 g/mol. The van der Waals surface area contributed by atoms with E-state index in [0.717, 1.165) is 16.8 Å². The summed E-state index contributed by atoms with van der Waals surface area (Å²) in [5.41, 5.74) is 2.06. The molecule has 1 unspecified atom stereocenters. The minimum Gasteiger partial charge on any atom is -0.346 e. The number of hydrogen-bond acceptors (Lipinski definition) is 4. The molecule has 9 heteroatoms. The van der Waals surface area contributed by atoms with Gasteiger partial charge in [0.15, 0.2) is 11.0 Å². The molecule has 3 rings (SSSR count). The molecule has 1 N–H and O–H groups in total. The molecule has 0 radical (unpaired) electrons. The second-order valence-corrected chi connectivity index (χ2v) is 9.88. The number of nitrogens with one attached hydrogen (secondary N) is 1. The SMILES string of the molecule is Cc1ccc(Cl)cc1-n1c(SCc2ccc(F)cc2)nnc1C(C)NC(=O)C(C)(C)CCl. The first-order valence-corrected chi connectivity index (χ1v) is 12.0. The number of carbonyl (C=O) groups is 1. The van der Waals surface area contributed by atoms with Gasteiger partial charge in [0, 0.05) is 16.7 Å². The van der Waals surface area contributed by atoms with Gasteiger partial charge in [-0.2, -0.15) is 0 Å². The zero-order chi connectivity index (χ0) is 23.5. The van der Waals surface area contributed by atoms with Gasteiger partial charge in [-0.3, -0.25) is 9.36 Å². The van der Waals surface area contributed by atoms with Crippen molar-refractivity contribution in [1.82, 2.24) is 20.1 Å². The van der Waals surface area contributed by atoms with E-state index in [1.807, 2.05) is 36.6 Å². The van der Waals surface area contributed by atoms with E-state index < -0.39 is 11.5 Å². The van der Waals surface area contributed by atoms with Gasteiger partial charge in [0.25, 0.3) is 0 Å². The van der Waals surface area contributed by atoms with Crippen molar-refractivity contribution in [3.05, 3.63) is 70.3 Å². The van der Waals surface area contributed by atoms with Crippen molar-refractivity contribution in [3.8, 4) is 5.69 Å². The van der Waals surface area contributed by atoms with Gasteiger partial charge >= 0.3 is 0 Å². The number of aromatic nitrogens is 3. The Bertz CT molecular complexity index is 1100. The van der Waals surface area contributed by atoms with Crippen molar-refractivity contribution < 1.29 is 9.18 Å². The van der Waals surface area contributed by atoms with E-state index in [1.54, 1.807) is 26.0 Å². The molecule has 0 saturated carbocycles. The van der Waals surface area contributed by atoms with Gasteiger partial charge in [-0.15, -0.1) is 21.8 Å². The fourth-order valence-electron chi connectivity index (χ4n) is 2.95. The monoisotopic (exact) mass is 494 g/mol. The zero-order valence-corrected chi connectivity index (χ0v) is 20.7. The maximum absolute atomic E-state index is 13.2. The predicted molar refractivity (Wildman–Crippen MR) is 128 cm³/mol. The maximum Gasteiger partial charge on any atom is 0.227 e. The number of rotatable bonds is 8. The molecular formula is C23H25Cl2FN4OS. The van der Waals surface area contributed by atoms with Crippen molar-refractivity contribution in [2.45, 2.75) is 44.6 Å². The number of hydrogen-bond donors (Lipinski definition) is 1. The first kappa shape index (κ1) is 24.6. The lowest BCUT2D eigenvalue weighted by atomic mass is 9.95. The van der Waals surface area contributed by atoms with Crippen LogP contribution in [0, 0.1) is 18.2 Å². The van der Waals surface area contributed by atoms with E-state index in [-0.39, 0.29) is 17.6 Å². The quantitative estimate of drug-likeness (QED) is 0.303. The number of amides is 1. The molecule has 0 aliphatic carbocycles. The number of halogens is 3. The maximum atomic E-state index is 13.2. The van der Waals surface area contributed by atoms with Gasteiger partial charge in [-0.25, -0.2) is 4.39 Å². The first-order valence-electron chi connectivity index (χ1n) is 10.1. The fraction of sp³-hybridized carbons (Fsp3) is 0.348. The second-order valence-electron chi connectivity index (χ2n) is 8.23. The molecule has 1 atom stereocenters. The highest BCUT2D eigenvalue weighted by atomic mass is 35.5. The van der Waals surface area contributed by atoms with E-state index in [9.17, 15) is 9.18 Å². The number of thioether (sulfide) groups is 1. The van der Waals surface area contributed by atoms with Crippen LogP contribution in [0.25, 0.3) is 5.69 Å². The van der Waals surface area contributed by atoms with Crippen molar-refractivity contribution >= 4 is 40.9 Å². The van der Waals surface area contributed by atoms with Gasteiger partial charge in [-0.05, 0) is 63.1 Å². The standard InChI is InChI=1S/C23H25Cl2FN4OS/c1-14-5-8-17(25)11-19(14)30-20(15(2)27-21(31)23(3,4)13-24)28-29-22(30)32-12-16-6-9-18(26)10-7-16/h5-11,15H,12-13H2,1-4H3,(H,27,31). The van der Waals surface area contributed by atoms with Gasteiger partial charge in [0.1, 0.15) is 5.82 Å². The van der Waals surface area contributed by atoms with E-state index in [1.165, 1.54) is 23.9 Å². The number of nitrogens with zero attached hydrogens (tertiary/aromatic N) is 3. The summed E-state index contributed by atoms with van der Waals surface area (Å²) in [5.74, 6) is 0.916. The fourth-order valence-corrected chi connectivity index (χ4v) is 4.15. The zero-order valence-electron chi connectivity index (χ0n) is 18.3. The summed E-state index contributed by atoms with van der Waals surface area (Å²) in [6, 6.07) is 11.5. The average molecular weight is 495 g/mol. The predicted octanol–water partition coefficient (Wildman–Crippen LogP) is 6.10. The van der Waals surface area contributed by atoms with Crippen molar-refractivity contribution in [3.63, 3.8) is 0 Å². The van der Waals surface area contributed by atoms with Crippen LogP contribution in [0.3, 0.4) is 0 Å². The Morgan fingerprint density at radius 2 is 1.91 bits per heavy atom. The van der Waals surface area contributed by atoms with Crippen LogP contribution in [0.15, 0.2) is 47.6 Å². The normalized spacial score (nSPS) is 12.6. The molecule has 1 heterocycles. The number of benzene rings is 2. The van der Waals surface area contributed by atoms with E-state index in [4.69, 9.17) is 23.2 Å². The molecule has 3 aromatic rings. The molecule has 0 fully saturated rings. The van der Waals surface area contributed by atoms with E-state index in [2.05, 4.69) is 15.5 Å². The summed E-state index contributed by atoms with van der Waals surface area (Å²) in [7, 11) is 0. The van der Waals surface area contributed by atoms with Gasteiger partial charge in [0.2, 0.25) is 5.91 Å². The third kappa shape index (κ3) is 5.63. The smallest absolute Gasteiger partial charge is 0.227 e. The second kappa shape index (κ2) is 10.2. The Morgan fingerprint density at radius 3 is 2.56 bits per heavy atom. The van der Waals surface area contributed by atoms with E-state index in [0.29, 0.717) is 21.8 Å². The first-order chi connectivity index (χ1) is 15.1. The van der Waals surface area contributed by atoms with Crippen LogP contribution < -0.4 is 5.32 Å². The molecule has 5 nitrogen and oxygen atoms in total. The van der Waals surface area contributed by atoms with Crippen LogP contribution in [-0.2, 0) is 10.5 Å². The lowest BCUT2D eigenvalue weighted by Crippen LogP contribution is -2.40. The number of carbonyl (C=O) groups excluding carboxylic acids is 1. The van der Waals surface area contributed by atoms with Gasteiger partial charge in [0.05, 0.1) is 17.1 Å². The average Bonchev–Trinajstić information content (AvgIpc) is 3.18. The summed E-state index contributed by atoms with van der Waals surface area (Å²) in [6.07, 6.45) is 0. The molecule has 1 amide bonds. The molecule has 32 heavy (non-hydrogen) atoms. The molecule has 170 valence electrons. The third-order valence-corrected chi connectivity index (χ3v) is 6.94. The lowest BCUT2D eigenvalue weighted by molar-refractivity contribution is -0.129. The van der Waals surface area contributed by atoms with Crippen LogP contribution in [0.1, 0.15) is 43.8 Å². The number of alkyl halides is 1. The van der Waals surface area contributed by atoms with Gasteiger partial charge < -0.3 is 5.32 Å². The van der Waals surface area contributed by atoms with Crippen LogP contribution in [-0.4, -0.2) is 26.6 Å².